The molecule has 0 saturated carbocycles. The molecule has 1 N–H and O–H groups in total. The minimum absolute atomic E-state index is 0.0189. The summed E-state index contributed by atoms with van der Waals surface area (Å²) in [4.78, 5) is 12.2. The van der Waals surface area contributed by atoms with Crippen molar-refractivity contribution in [1.29, 1.82) is 0 Å². The zero-order valence-electron chi connectivity index (χ0n) is 29.5. The van der Waals surface area contributed by atoms with Gasteiger partial charge in [0.15, 0.2) is 16.6 Å². The molecule has 0 unspecified atom stereocenters. The van der Waals surface area contributed by atoms with Gasteiger partial charge in [-0.25, -0.2) is 0 Å². The lowest BCUT2D eigenvalue weighted by atomic mass is 9.79. The van der Waals surface area contributed by atoms with Crippen molar-refractivity contribution in [3.8, 4) is 0 Å². The Hall–Kier alpha value is -0.316. The SMILES string of the molecule is CC[C@H](/C=C(/C)[C@H](C[C@H](C[C@H](O)C(C)(C)C(C)=O)OC)O[Si](C)(C)C(C)(C)C)CO[Si](C(C)C)(C(C)C)C(C)C. The summed E-state index contributed by atoms with van der Waals surface area (Å²) in [6.07, 6.45) is 3.25. The van der Waals surface area contributed by atoms with Crippen LogP contribution in [0, 0.1) is 11.3 Å². The van der Waals surface area contributed by atoms with Crippen molar-refractivity contribution in [3.05, 3.63) is 11.6 Å². The van der Waals surface area contributed by atoms with Crippen molar-refractivity contribution in [2.24, 2.45) is 11.3 Å². The third-order valence-corrected chi connectivity index (χ3v) is 20.6. The van der Waals surface area contributed by atoms with E-state index in [0.29, 0.717) is 35.4 Å². The Bertz CT molecular complexity index is 773. The van der Waals surface area contributed by atoms with E-state index >= 15 is 0 Å². The van der Waals surface area contributed by atoms with Crippen LogP contribution < -0.4 is 0 Å². The Morgan fingerprint density at radius 1 is 0.900 bits per heavy atom. The van der Waals surface area contributed by atoms with Crippen molar-refractivity contribution in [2.45, 2.75) is 169 Å². The highest BCUT2D eigenvalue weighted by Gasteiger charge is 2.45. The van der Waals surface area contributed by atoms with Gasteiger partial charge in [-0.3, -0.25) is 4.79 Å². The van der Waals surface area contributed by atoms with Crippen LogP contribution in [0.25, 0.3) is 0 Å². The highest BCUT2D eigenvalue weighted by molar-refractivity contribution is 6.77. The topological polar surface area (TPSA) is 65.0 Å². The second-order valence-electron chi connectivity index (χ2n) is 15.2. The highest BCUT2D eigenvalue weighted by atomic mass is 28.4. The molecule has 0 saturated heterocycles. The molecule has 0 aliphatic carbocycles. The fourth-order valence-corrected chi connectivity index (χ4v) is 12.5. The summed E-state index contributed by atoms with van der Waals surface area (Å²) in [6, 6.07) is 0. The lowest BCUT2D eigenvalue weighted by Gasteiger charge is -2.43. The molecule has 5 nitrogen and oxygen atoms in total. The maximum absolute atomic E-state index is 12.2. The van der Waals surface area contributed by atoms with Crippen LogP contribution in [0.5, 0.6) is 0 Å². The second-order valence-corrected chi connectivity index (χ2v) is 25.4. The molecule has 0 aliphatic rings. The van der Waals surface area contributed by atoms with Gasteiger partial charge in [0.25, 0.3) is 0 Å². The number of aliphatic hydroxyl groups is 1. The fraction of sp³-hybridized carbons (Fsp3) is 0.909. The number of Topliss-reactive ketones (excluding diaryl/α,β-unsaturated/α-hetero) is 1. The van der Waals surface area contributed by atoms with Crippen LogP contribution in [0.2, 0.25) is 34.8 Å². The summed E-state index contributed by atoms with van der Waals surface area (Å²) in [5, 5.41) is 11.0. The van der Waals surface area contributed by atoms with Crippen LogP contribution >= 0.6 is 0 Å². The molecule has 0 rings (SSSR count). The van der Waals surface area contributed by atoms with Crippen LogP contribution in [0.3, 0.4) is 0 Å². The number of carbonyl (C=O) groups excluding carboxylic acids is 1. The Kier molecular flexibility index (Phi) is 15.8. The highest BCUT2D eigenvalue weighted by Crippen LogP contribution is 2.43. The number of hydrogen-bond acceptors (Lipinski definition) is 5. The van der Waals surface area contributed by atoms with Gasteiger partial charge in [-0.15, -0.1) is 0 Å². The molecule has 0 amide bonds. The maximum Gasteiger partial charge on any atom is 0.200 e. The number of carbonyl (C=O) groups is 1. The summed E-state index contributed by atoms with van der Waals surface area (Å²) in [5.74, 6) is 0.284. The number of hydrogen-bond donors (Lipinski definition) is 1. The van der Waals surface area contributed by atoms with Gasteiger partial charge in [-0.2, -0.15) is 0 Å². The van der Waals surface area contributed by atoms with Crippen LogP contribution in [0.15, 0.2) is 11.6 Å². The fourth-order valence-electron chi connectivity index (χ4n) is 5.68. The minimum atomic E-state index is -2.10. The second kappa shape index (κ2) is 16.0. The zero-order chi connectivity index (χ0) is 31.9. The predicted molar refractivity (Wildman–Crippen MR) is 177 cm³/mol. The van der Waals surface area contributed by atoms with Crippen molar-refractivity contribution in [3.63, 3.8) is 0 Å². The Morgan fingerprint density at radius 2 is 1.38 bits per heavy atom. The maximum atomic E-state index is 12.2. The molecule has 4 atom stereocenters. The van der Waals surface area contributed by atoms with Crippen LogP contribution in [-0.2, 0) is 18.4 Å². The number of rotatable bonds is 18. The number of ketones is 1. The number of methoxy groups -OCH3 is 1. The predicted octanol–water partition coefficient (Wildman–Crippen LogP) is 9.31. The minimum Gasteiger partial charge on any atom is -0.415 e. The molecule has 0 heterocycles. The van der Waals surface area contributed by atoms with Crippen LogP contribution in [0.1, 0.15) is 116 Å². The van der Waals surface area contributed by atoms with E-state index < -0.39 is 28.2 Å². The molecule has 0 spiro atoms. The molecular weight excluding hydrogens is 533 g/mol. The third-order valence-electron chi connectivity index (χ3n) is 10.1. The largest absolute Gasteiger partial charge is 0.415 e. The van der Waals surface area contributed by atoms with Crippen LogP contribution in [-0.4, -0.2) is 59.6 Å². The Morgan fingerprint density at radius 3 is 1.73 bits per heavy atom. The van der Waals surface area contributed by atoms with Gasteiger partial charge in [-0.1, -0.05) is 89.2 Å². The van der Waals surface area contributed by atoms with E-state index in [-0.39, 0.29) is 23.0 Å². The quantitative estimate of drug-likeness (QED) is 0.125. The molecule has 0 bridgehead atoms. The average molecular weight is 601 g/mol. The van der Waals surface area contributed by atoms with Crippen molar-refractivity contribution < 1.29 is 23.5 Å². The summed E-state index contributed by atoms with van der Waals surface area (Å²) < 4.78 is 19.9. The van der Waals surface area contributed by atoms with Gasteiger partial charge in [0.2, 0.25) is 0 Å². The van der Waals surface area contributed by atoms with Gasteiger partial charge in [0.05, 0.1) is 18.3 Å². The van der Waals surface area contributed by atoms with Gasteiger partial charge in [0.1, 0.15) is 5.78 Å². The first-order valence-corrected chi connectivity index (χ1v) is 20.8. The zero-order valence-corrected chi connectivity index (χ0v) is 31.5. The van der Waals surface area contributed by atoms with Gasteiger partial charge >= 0.3 is 0 Å². The lowest BCUT2D eigenvalue weighted by molar-refractivity contribution is -0.132. The average Bonchev–Trinajstić information content (AvgIpc) is 2.80. The standard InChI is InChI=1S/C33H68O5Si2/c1-18-28(22-37-40(23(2)3,24(4)5)25(6)7)19-26(8)30(38-39(16,17)32(10,11)12)20-29(36-15)21-31(35)33(13,14)27(9)34/h19,23-25,28-31,35H,18,20-22H2,1-17H3/b26-19-/t28-,29-,30+,31+/m1/s1. The lowest BCUT2D eigenvalue weighted by Crippen LogP contribution is -2.48. The monoisotopic (exact) mass is 600 g/mol. The number of ether oxygens (including phenoxy) is 1. The summed E-state index contributed by atoms with van der Waals surface area (Å²) >= 11 is 0. The molecular formula is C33H68O5Si2. The Labute approximate surface area is 251 Å². The molecule has 0 aromatic carbocycles. The Balaban J connectivity index is 6.24. The van der Waals surface area contributed by atoms with E-state index in [0.717, 1.165) is 13.0 Å². The molecule has 7 heteroatoms. The van der Waals surface area contributed by atoms with Crippen molar-refractivity contribution in [2.75, 3.05) is 13.7 Å². The van der Waals surface area contributed by atoms with Crippen LogP contribution in [0.4, 0.5) is 0 Å². The van der Waals surface area contributed by atoms with E-state index in [1.165, 1.54) is 5.57 Å². The third kappa shape index (κ3) is 10.4. The van der Waals surface area contributed by atoms with Crippen molar-refractivity contribution >= 4 is 22.4 Å². The summed E-state index contributed by atoms with van der Waals surface area (Å²) in [5.41, 5.74) is 2.05. The smallest absolute Gasteiger partial charge is 0.200 e. The normalized spacial score (nSPS) is 17.5. The first-order chi connectivity index (χ1) is 18.0. The molecule has 0 aromatic rings. The molecule has 0 aliphatic heterocycles. The van der Waals surface area contributed by atoms with Crippen molar-refractivity contribution in [1.82, 2.24) is 0 Å². The molecule has 40 heavy (non-hydrogen) atoms. The molecule has 0 radical (unpaired) electrons. The molecule has 0 fully saturated rings. The first-order valence-electron chi connectivity index (χ1n) is 15.7. The van der Waals surface area contributed by atoms with E-state index in [2.05, 4.69) is 95.3 Å². The van der Waals surface area contributed by atoms with Gasteiger partial charge in [0, 0.05) is 32.0 Å². The van der Waals surface area contributed by atoms with E-state index in [1.807, 2.05) is 13.8 Å². The van der Waals surface area contributed by atoms with E-state index in [4.69, 9.17) is 13.6 Å². The van der Waals surface area contributed by atoms with Gasteiger partial charge < -0.3 is 18.7 Å². The molecule has 238 valence electrons. The van der Waals surface area contributed by atoms with Gasteiger partial charge in [-0.05, 0) is 66.5 Å². The first kappa shape index (κ1) is 39.7. The summed E-state index contributed by atoms with van der Waals surface area (Å²) in [7, 11) is -2.36. The van der Waals surface area contributed by atoms with E-state index in [1.54, 1.807) is 14.0 Å². The molecule has 0 aromatic heterocycles. The van der Waals surface area contributed by atoms with E-state index in [9.17, 15) is 9.90 Å². The summed E-state index contributed by atoms with van der Waals surface area (Å²) in [6.45, 7) is 35.7. The number of aliphatic hydroxyl groups excluding tert-OH is 1.